The Morgan fingerprint density at radius 1 is 0.727 bits per heavy atom. The van der Waals surface area contributed by atoms with Crippen molar-refractivity contribution < 1.29 is 18.3 Å². The van der Waals surface area contributed by atoms with E-state index in [0.717, 1.165) is 71.7 Å². The second-order valence-electron chi connectivity index (χ2n) is 5.34. The Kier molecular flexibility index (Phi) is 14.6. The summed E-state index contributed by atoms with van der Waals surface area (Å²) in [6, 6.07) is 1.04. The van der Waals surface area contributed by atoms with E-state index in [1.54, 1.807) is 0 Å². The van der Waals surface area contributed by atoms with E-state index < -0.39 is 8.56 Å². The van der Waals surface area contributed by atoms with Crippen LogP contribution in [0, 0.1) is 0 Å². The Bertz CT molecular complexity index is 228. The predicted octanol–water partition coefficient (Wildman–Crippen LogP) is 2.90. The quantitative estimate of drug-likeness (QED) is 0.320. The van der Waals surface area contributed by atoms with E-state index in [2.05, 4.69) is 11.4 Å². The van der Waals surface area contributed by atoms with Gasteiger partial charge in [-0.25, -0.2) is 0 Å². The zero-order chi connectivity index (χ0) is 16.7. The van der Waals surface area contributed by atoms with Crippen LogP contribution in [0.4, 0.5) is 0 Å². The number of rotatable bonds is 16. The molecule has 0 radical (unpaired) electrons. The summed E-state index contributed by atoms with van der Waals surface area (Å²) in [6.07, 6.45) is 1.10. The van der Waals surface area contributed by atoms with Gasteiger partial charge in [-0.05, 0) is 53.3 Å². The van der Waals surface area contributed by atoms with Crippen LogP contribution in [0.3, 0.4) is 0 Å². The summed E-state index contributed by atoms with van der Waals surface area (Å²) in [5.74, 6) is 0. The van der Waals surface area contributed by atoms with E-state index in [-0.39, 0.29) is 0 Å². The highest BCUT2D eigenvalue weighted by Gasteiger charge is 2.30. The molecule has 0 rings (SSSR count). The molecule has 0 aliphatic heterocycles. The number of ether oxygens (including phenoxy) is 2. The van der Waals surface area contributed by atoms with Crippen LogP contribution < -0.4 is 0 Å². The van der Waals surface area contributed by atoms with Crippen molar-refractivity contribution in [1.29, 1.82) is 0 Å². The molecule has 0 aromatic heterocycles. The lowest BCUT2D eigenvalue weighted by Crippen LogP contribution is -2.40. The van der Waals surface area contributed by atoms with Gasteiger partial charge in [0.25, 0.3) is 0 Å². The number of nitrogens with zero attached hydrogens (tertiary/aromatic N) is 1. The molecule has 0 fully saturated rings. The van der Waals surface area contributed by atoms with E-state index in [1.807, 2.05) is 27.7 Å². The predicted molar refractivity (Wildman–Crippen MR) is 93.7 cm³/mol. The van der Waals surface area contributed by atoms with Crippen LogP contribution in [0.2, 0.25) is 12.6 Å². The summed E-state index contributed by atoms with van der Waals surface area (Å²) in [5, 5.41) is 0. The fourth-order valence-corrected chi connectivity index (χ4v) is 4.83. The molecule has 22 heavy (non-hydrogen) atoms. The SMILES string of the molecule is CCOCCN(CCC[Si](C)(OCC)OCC)CCOCC. The van der Waals surface area contributed by atoms with Gasteiger partial charge in [-0.15, -0.1) is 0 Å². The first-order valence-corrected chi connectivity index (χ1v) is 11.3. The van der Waals surface area contributed by atoms with Crippen molar-refractivity contribution in [1.82, 2.24) is 4.90 Å². The van der Waals surface area contributed by atoms with Gasteiger partial charge in [0.1, 0.15) is 0 Å². The van der Waals surface area contributed by atoms with E-state index in [9.17, 15) is 0 Å². The summed E-state index contributed by atoms with van der Waals surface area (Å²) in [6.45, 7) is 17.9. The van der Waals surface area contributed by atoms with Crippen LogP contribution in [0.5, 0.6) is 0 Å². The molecule has 0 unspecified atom stereocenters. The van der Waals surface area contributed by atoms with E-state index in [4.69, 9.17) is 18.3 Å². The molecule has 0 aromatic carbocycles. The van der Waals surface area contributed by atoms with Gasteiger partial charge in [-0.3, -0.25) is 4.90 Å². The molecule has 0 heterocycles. The zero-order valence-electron chi connectivity index (χ0n) is 15.4. The topological polar surface area (TPSA) is 40.2 Å². The van der Waals surface area contributed by atoms with Crippen LogP contribution in [-0.2, 0) is 18.3 Å². The summed E-state index contributed by atoms with van der Waals surface area (Å²) >= 11 is 0. The summed E-state index contributed by atoms with van der Waals surface area (Å²) in [5.41, 5.74) is 0. The minimum Gasteiger partial charge on any atom is -0.395 e. The number of hydrogen-bond acceptors (Lipinski definition) is 5. The molecule has 0 bridgehead atoms. The maximum atomic E-state index is 5.90. The second-order valence-corrected chi connectivity index (χ2v) is 8.68. The van der Waals surface area contributed by atoms with Crippen molar-refractivity contribution in [2.45, 2.75) is 46.7 Å². The molecule has 0 amide bonds. The lowest BCUT2D eigenvalue weighted by atomic mass is 10.4. The average molecular weight is 336 g/mol. The molecular formula is C16H37NO4Si. The molecule has 0 saturated carbocycles. The lowest BCUT2D eigenvalue weighted by Gasteiger charge is -2.28. The monoisotopic (exact) mass is 335 g/mol. The highest BCUT2D eigenvalue weighted by Crippen LogP contribution is 2.16. The standard InChI is InChI=1S/C16H37NO4Si/c1-6-18-14-12-17(13-15-19-7-2)11-10-16-22(5,20-8-3)21-9-4/h6-16H2,1-5H3. The van der Waals surface area contributed by atoms with Crippen LogP contribution in [0.1, 0.15) is 34.1 Å². The van der Waals surface area contributed by atoms with Gasteiger partial charge in [0.15, 0.2) is 0 Å². The molecule has 0 aliphatic rings. The average Bonchev–Trinajstić information content (AvgIpc) is 2.47. The summed E-state index contributed by atoms with van der Waals surface area (Å²) in [7, 11) is -1.98. The Morgan fingerprint density at radius 2 is 1.23 bits per heavy atom. The maximum absolute atomic E-state index is 5.90. The van der Waals surface area contributed by atoms with E-state index in [1.165, 1.54) is 0 Å². The molecule has 5 nitrogen and oxygen atoms in total. The molecule has 0 N–H and O–H groups in total. The second kappa shape index (κ2) is 14.6. The first-order chi connectivity index (χ1) is 10.6. The molecule has 0 spiro atoms. The van der Waals surface area contributed by atoms with Crippen molar-refractivity contribution in [3.8, 4) is 0 Å². The van der Waals surface area contributed by atoms with Crippen molar-refractivity contribution >= 4 is 8.56 Å². The van der Waals surface area contributed by atoms with Gasteiger partial charge in [-0.2, -0.15) is 0 Å². The third kappa shape index (κ3) is 11.6. The van der Waals surface area contributed by atoms with Gasteiger partial charge >= 0.3 is 8.56 Å². The van der Waals surface area contributed by atoms with E-state index in [0.29, 0.717) is 0 Å². The first kappa shape index (κ1) is 22.0. The summed E-state index contributed by atoms with van der Waals surface area (Å²) in [4.78, 5) is 2.41. The lowest BCUT2D eigenvalue weighted by molar-refractivity contribution is 0.0823. The van der Waals surface area contributed by atoms with Crippen molar-refractivity contribution in [3.05, 3.63) is 0 Å². The van der Waals surface area contributed by atoms with Crippen molar-refractivity contribution in [2.24, 2.45) is 0 Å². The Hall–Kier alpha value is 0.0169. The van der Waals surface area contributed by atoms with Crippen LogP contribution >= 0.6 is 0 Å². The molecule has 0 aliphatic carbocycles. The fourth-order valence-electron chi connectivity index (χ4n) is 2.43. The summed E-state index contributed by atoms with van der Waals surface area (Å²) < 4.78 is 22.7. The van der Waals surface area contributed by atoms with Gasteiger partial charge in [0.05, 0.1) is 13.2 Å². The highest BCUT2D eigenvalue weighted by atomic mass is 28.4. The largest absolute Gasteiger partial charge is 0.395 e. The smallest absolute Gasteiger partial charge is 0.334 e. The maximum Gasteiger partial charge on any atom is 0.334 e. The van der Waals surface area contributed by atoms with Gasteiger partial charge in [0, 0.05) is 39.5 Å². The third-order valence-corrected chi connectivity index (χ3v) is 6.58. The molecule has 134 valence electrons. The Balaban J connectivity index is 4.15. The molecule has 0 aromatic rings. The van der Waals surface area contributed by atoms with Crippen LogP contribution in [-0.4, -0.2) is 72.7 Å². The van der Waals surface area contributed by atoms with Crippen molar-refractivity contribution in [3.63, 3.8) is 0 Å². The first-order valence-electron chi connectivity index (χ1n) is 8.77. The third-order valence-electron chi connectivity index (χ3n) is 3.52. The minimum atomic E-state index is -1.98. The van der Waals surface area contributed by atoms with Gasteiger partial charge in [0.2, 0.25) is 0 Å². The Labute approximate surface area is 138 Å². The molecule has 0 saturated heterocycles. The number of hydrogen-bond donors (Lipinski definition) is 0. The highest BCUT2D eigenvalue weighted by molar-refractivity contribution is 6.66. The van der Waals surface area contributed by atoms with Crippen molar-refractivity contribution in [2.75, 3.05) is 59.3 Å². The minimum absolute atomic E-state index is 0.737. The fraction of sp³-hybridized carbons (Fsp3) is 1.00. The zero-order valence-corrected chi connectivity index (χ0v) is 16.4. The van der Waals surface area contributed by atoms with Crippen LogP contribution in [0.25, 0.3) is 0 Å². The van der Waals surface area contributed by atoms with Gasteiger partial charge in [-0.1, -0.05) is 0 Å². The Morgan fingerprint density at radius 3 is 1.64 bits per heavy atom. The van der Waals surface area contributed by atoms with Crippen LogP contribution in [0.15, 0.2) is 0 Å². The van der Waals surface area contributed by atoms with Gasteiger partial charge < -0.3 is 18.3 Å². The normalized spacial score (nSPS) is 12.3. The molecule has 0 atom stereocenters. The molecular weight excluding hydrogens is 298 g/mol. The molecule has 6 heteroatoms. The van der Waals surface area contributed by atoms with E-state index >= 15 is 0 Å².